The standard InChI is InChI=1S/C37H46N4O3/c42-36(41-29-32-15-8-7-14-31(32)28-35(41)37(43)40-24-26-44-27-25-40)18-6-1-2-11-19-38-20-22-39(23-21-38)34-17-10-9-16-33(34)30-12-4-3-5-13-30/h3-5,7-10,12-17,35H,1-2,6,11,18-29H2/t35-/m0/s1. The van der Waals surface area contributed by atoms with Crippen LogP contribution in [0.3, 0.4) is 0 Å². The maximum Gasteiger partial charge on any atom is 0.245 e. The highest BCUT2D eigenvalue weighted by atomic mass is 16.5. The van der Waals surface area contributed by atoms with E-state index in [-0.39, 0.29) is 11.8 Å². The van der Waals surface area contributed by atoms with E-state index in [1.165, 1.54) is 22.4 Å². The lowest BCUT2D eigenvalue weighted by atomic mass is 9.92. The second kappa shape index (κ2) is 14.9. The van der Waals surface area contributed by atoms with Gasteiger partial charge in [-0.05, 0) is 42.1 Å². The molecule has 0 aromatic heterocycles. The fourth-order valence-corrected chi connectivity index (χ4v) is 6.93. The molecule has 0 unspecified atom stereocenters. The molecule has 6 rings (SSSR count). The van der Waals surface area contributed by atoms with E-state index in [1.54, 1.807) is 0 Å². The van der Waals surface area contributed by atoms with Crippen LogP contribution < -0.4 is 4.90 Å². The molecule has 44 heavy (non-hydrogen) atoms. The topological polar surface area (TPSA) is 56.3 Å². The molecule has 0 radical (unpaired) electrons. The zero-order chi connectivity index (χ0) is 30.1. The Morgan fingerprint density at radius 2 is 1.39 bits per heavy atom. The van der Waals surface area contributed by atoms with E-state index >= 15 is 0 Å². The number of fused-ring (bicyclic) bond motifs is 1. The summed E-state index contributed by atoms with van der Waals surface area (Å²) in [5, 5.41) is 0. The van der Waals surface area contributed by atoms with Gasteiger partial charge >= 0.3 is 0 Å². The Kier molecular flexibility index (Phi) is 10.3. The molecular weight excluding hydrogens is 548 g/mol. The molecule has 3 aromatic rings. The molecule has 7 nitrogen and oxygen atoms in total. The van der Waals surface area contributed by atoms with Crippen molar-refractivity contribution in [2.75, 3.05) is 63.9 Å². The van der Waals surface area contributed by atoms with Gasteiger partial charge in [-0.2, -0.15) is 0 Å². The van der Waals surface area contributed by atoms with E-state index in [0.29, 0.717) is 45.7 Å². The van der Waals surface area contributed by atoms with Gasteiger partial charge in [-0.15, -0.1) is 0 Å². The normalized spacial score (nSPS) is 19.1. The van der Waals surface area contributed by atoms with Gasteiger partial charge in [-0.1, -0.05) is 85.6 Å². The number of carbonyl (C=O) groups excluding carboxylic acids is 2. The molecule has 2 saturated heterocycles. The number of carbonyl (C=O) groups is 2. The summed E-state index contributed by atoms with van der Waals surface area (Å²) in [4.78, 5) is 35.8. The molecule has 2 fully saturated rings. The number of hydrogen-bond acceptors (Lipinski definition) is 5. The van der Waals surface area contributed by atoms with Crippen LogP contribution >= 0.6 is 0 Å². The van der Waals surface area contributed by atoms with Crippen molar-refractivity contribution < 1.29 is 14.3 Å². The van der Waals surface area contributed by atoms with Gasteiger partial charge in [0, 0.05) is 69.9 Å². The first-order valence-electron chi connectivity index (χ1n) is 16.5. The van der Waals surface area contributed by atoms with Crippen molar-refractivity contribution in [3.05, 3.63) is 90.0 Å². The van der Waals surface area contributed by atoms with Gasteiger partial charge in [0.2, 0.25) is 11.8 Å². The third kappa shape index (κ3) is 7.33. The molecule has 232 valence electrons. The van der Waals surface area contributed by atoms with Crippen molar-refractivity contribution >= 4 is 17.5 Å². The number of amides is 2. The average molecular weight is 595 g/mol. The smallest absolute Gasteiger partial charge is 0.245 e. The van der Waals surface area contributed by atoms with Crippen molar-refractivity contribution in [2.45, 2.75) is 51.1 Å². The van der Waals surface area contributed by atoms with E-state index in [4.69, 9.17) is 4.74 Å². The second-order valence-corrected chi connectivity index (χ2v) is 12.3. The highest BCUT2D eigenvalue weighted by Crippen LogP contribution is 2.31. The van der Waals surface area contributed by atoms with Gasteiger partial charge in [-0.25, -0.2) is 0 Å². The third-order valence-electron chi connectivity index (χ3n) is 9.49. The third-order valence-corrected chi connectivity index (χ3v) is 9.49. The summed E-state index contributed by atoms with van der Waals surface area (Å²) in [6.45, 7) is 8.24. The van der Waals surface area contributed by atoms with E-state index in [1.807, 2.05) is 21.9 Å². The summed E-state index contributed by atoms with van der Waals surface area (Å²) in [5.74, 6) is 0.179. The van der Waals surface area contributed by atoms with Crippen LogP contribution in [0.2, 0.25) is 0 Å². The number of anilines is 1. The number of hydrogen-bond donors (Lipinski definition) is 0. The summed E-state index contributed by atoms with van der Waals surface area (Å²) >= 11 is 0. The highest BCUT2D eigenvalue weighted by Gasteiger charge is 2.37. The lowest BCUT2D eigenvalue weighted by molar-refractivity contribution is -0.149. The first-order valence-corrected chi connectivity index (χ1v) is 16.5. The Morgan fingerprint density at radius 1 is 0.705 bits per heavy atom. The molecule has 3 aliphatic heterocycles. The summed E-state index contributed by atoms with van der Waals surface area (Å²) < 4.78 is 5.45. The van der Waals surface area contributed by atoms with Gasteiger partial charge in [0.15, 0.2) is 0 Å². The number of morpholine rings is 1. The largest absolute Gasteiger partial charge is 0.378 e. The second-order valence-electron chi connectivity index (χ2n) is 12.3. The number of para-hydroxylation sites is 1. The Bertz CT molecular complexity index is 1380. The zero-order valence-electron chi connectivity index (χ0n) is 25.9. The van der Waals surface area contributed by atoms with Crippen molar-refractivity contribution in [3.63, 3.8) is 0 Å². The van der Waals surface area contributed by atoms with E-state index in [9.17, 15) is 9.59 Å². The summed E-state index contributed by atoms with van der Waals surface area (Å²) in [6.07, 6.45) is 5.31. The van der Waals surface area contributed by atoms with Crippen LogP contribution in [0.25, 0.3) is 11.1 Å². The first-order chi connectivity index (χ1) is 21.7. The predicted molar refractivity (Wildman–Crippen MR) is 175 cm³/mol. The Hall–Kier alpha value is -3.68. The van der Waals surface area contributed by atoms with Gasteiger partial charge < -0.3 is 19.4 Å². The van der Waals surface area contributed by atoms with Crippen LogP contribution in [-0.2, 0) is 27.3 Å². The van der Waals surface area contributed by atoms with Crippen LogP contribution in [0.4, 0.5) is 5.69 Å². The summed E-state index contributed by atoms with van der Waals surface area (Å²) in [5.41, 5.74) is 6.25. The summed E-state index contributed by atoms with van der Waals surface area (Å²) in [6, 6.07) is 27.3. The quantitative estimate of drug-likeness (QED) is 0.301. The lowest BCUT2D eigenvalue weighted by Crippen LogP contribution is -2.55. The fraction of sp³-hybridized carbons (Fsp3) is 0.459. The number of ether oxygens (including phenoxy) is 1. The van der Waals surface area contributed by atoms with Crippen LogP contribution in [0.1, 0.15) is 43.2 Å². The number of unbranched alkanes of at least 4 members (excludes halogenated alkanes) is 3. The van der Waals surface area contributed by atoms with Crippen molar-refractivity contribution in [1.82, 2.24) is 14.7 Å². The van der Waals surface area contributed by atoms with E-state index in [0.717, 1.165) is 64.0 Å². The molecule has 0 bridgehead atoms. The van der Waals surface area contributed by atoms with Gasteiger partial charge in [0.25, 0.3) is 0 Å². The fourth-order valence-electron chi connectivity index (χ4n) is 6.93. The van der Waals surface area contributed by atoms with Crippen LogP contribution in [0, 0.1) is 0 Å². The number of rotatable bonds is 10. The number of benzene rings is 3. The zero-order valence-corrected chi connectivity index (χ0v) is 25.9. The molecule has 0 saturated carbocycles. The predicted octanol–water partition coefficient (Wildman–Crippen LogP) is 5.24. The van der Waals surface area contributed by atoms with Crippen molar-refractivity contribution in [2.24, 2.45) is 0 Å². The molecule has 0 N–H and O–H groups in total. The average Bonchev–Trinajstić information content (AvgIpc) is 3.10. The lowest BCUT2D eigenvalue weighted by Gasteiger charge is -2.39. The molecule has 3 heterocycles. The van der Waals surface area contributed by atoms with Gasteiger partial charge in [0.1, 0.15) is 6.04 Å². The molecule has 0 spiro atoms. The Morgan fingerprint density at radius 3 is 2.18 bits per heavy atom. The molecule has 7 heteroatoms. The molecule has 3 aliphatic rings. The van der Waals surface area contributed by atoms with Crippen LogP contribution in [0.15, 0.2) is 78.9 Å². The van der Waals surface area contributed by atoms with Gasteiger partial charge in [0.05, 0.1) is 13.2 Å². The van der Waals surface area contributed by atoms with Gasteiger partial charge in [-0.3, -0.25) is 14.5 Å². The monoisotopic (exact) mass is 594 g/mol. The highest BCUT2D eigenvalue weighted by molar-refractivity contribution is 5.88. The SMILES string of the molecule is O=C([C@@H]1Cc2ccccc2CN1C(=O)CCCCCCN1CCN(c2ccccc2-c2ccccc2)CC1)N1CCOCC1. The summed E-state index contributed by atoms with van der Waals surface area (Å²) in [7, 11) is 0. The molecule has 0 aliphatic carbocycles. The van der Waals surface area contributed by atoms with E-state index < -0.39 is 6.04 Å². The minimum atomic E-state index is -0.408. The van der Waals surface area contributed by atoms with Crippen LogP contribution in [-0.4, -0.2) is 91.6 Å². The minimum absolute atomic E-state index is 0.0693. The maximum absolute atomic E-state index is 13.5. The number of nitrogens with zero attached hydrogens (tertiary/aromatic N) is 4. The van der Waals surface area contributed by atoms with Crippen molar-refractivity contribution in [3.8, 4) is 11.1 Å². The Labute approximate surface area is 262 Å². The number of piperazine rings is 1. The molecule has 3 aromatic carbocycles. The van der Waals surface area contributed by atoms with Crippen LogP contribution in [0.5, 0.6) is 0 Å². The van der Waals surface area contributed by atoms with E-state index in [2.05, 4.69) is 76.5 Å². The maximum atomic E-state index is 13.5. The molecule has 2 amide bonds. The Balaban J connectivity index is 0.934. The van der Waals surface area contributed by atoms with Crippen molar-refractivity contribution in [1.29, 1.82) is 0 Å². The first kappa shape index (κ1) is 30.4. The molecular formula is C37H46N4O3. The molecule has 1 atom stereocenters. The minimum Gasteiger partial charge on any atom is -0.378 e.